The molecule has 2 aromatic carbocycles. The SMILES string of the molecule is C=CCN(CC=C)CCCO/N=C(C)/C=C1/C(=O)N(c2ccc(OC)cc2)C1c1ccccc1. The Balaban J connectivity index is 1.68. The third-order valence-electron chi connectivity index (χ3n) is 5.54. The lowest BCUT2D eigenvalue weighted by Gasteiger charge is -2.43. The predicted octanol–water partition coefficient (Wildman–Crippen LogP) is 5.17. The smallest absolute Gasteiger partial charge is 0.257 e. The van der Waals surface area contributed by atoms with E-state index < -0.39 is 0 Å². The Morgan fingerprint density at radius 2 is 1.76 bits per heavy atom. The van der Waals surface area contributed by atoms with Crippen LogP contribution in [0.15, 0.2) is 96.7 Å². The predicted molar refractivity (Wildman–Crippen MR) is 138 cm³/mol. The van der Waals surface area contributed by atoms with E-state index in [2.05, 4.69) is 23.2 Å². The number of nitrogens with zero attached hydrogens (tertiary/aromatic N) is 3. The van der Waals surface area contributed by atoms with Gasteiger partial charge in [-0.2, -0.15) is 0 Å². The summed E-state index contributed by atoms with van der Waals surface area (Å²) < 4.78 is 5.25. The van der Waals surface area contributed by atoms with Crippen molar-refractivity contribution < 1.29 is 14.4 Å². The van der Waals surface area contributed by atoms with Gasteiger partial charge in [-0.25, -0.2) is 0 Å². The zero-order valence-electron chi connectivity index (χ0n) is 20.0. The van der Waals surface area contributed by atoms with Crippen LogP contribution in [0.2, 0.25) is 0 Å². The average molecular weight is 460 g/mol. The Kier molecular flexibility index (Phi) is 9.23. The largest absolute Gasteiger partial charge is 0.497 e. The first-order chi connectivity index (χ1) is 16.6. The van der Waals surface area contributed by atoms with E-state index in [0.29, 0.717) is 17.9 Å². The van der Waals surface area contributed by atoms with Crippen molar-refractivity contribution in [2.24, 2.45) is 5.16 Å². The van der Waals surface area contributed by atoms with Gasteiger partial charge >= 0.3 is 0 Å². The highest BCUT2D eigenvalue weighted by molar-refractivity contribution is 6.18. The second kappa shape index (κ2) is 12.6. The number of allylic oxidation sites excluding steroid dienone is 1. The molecule has 0 bridgehead atoms. The van der Waals surface area contributed by atoms with Crippen LogP contribution in [0, 0.1) is 0 Å². The van der Waals surface area contributed by atoms with Gasteiger partial charge in [-0.1, -0.05) is 47.6 Å². The van der Waals surface area contributed by atoms with Gasteiger partial charge in [0.2, 0.25) is 0 Å². The molecule has 0 spiro atoms. The van der Waals surface area contributed by atoms with Crippen LogP contribution >= 0.6 is 0 Å². The van der Waals surface area contributed by atoms with Gasteiger partial charge in [0.05, 0.1) is 18.9 Å². The normalized spacial score (nSPS) is 17.0. The van der Waals surface area contributed by atoms with Crippen LogP contribution in [-0.4, -0.2) is 49.9 Å². The number of β-lactam (4-membered cyclic amide) rings is 1. The highest BCUT2D eigenvalue weighted by Crippen LogP contribution is 2.43. The fourth-order valence-corrected chi connectivity index (χ4v) is 3.93. The first-order valence-electron chi connectivity index (χ1n) is 11.4. The molecule has 1 fully saturated rings. The van der Waals surface area contributed by atoms with E-state index in [-0.39, 0.29) is 11.9 Å². The molecule has 2 aromatic rings. The van der Waals surface area contributed by atoms with E-state index in [9.17, 15) is 4.79 Å². The number of carbonyl (C=O) groups is 1. The Bertz CT molecular complexity index is 1020. The number of ether oxygens (including phenoxy) is 1. The first-order valence-corrected chi connectivity index (χ1v) is 11.4. The molecule has 6 heteroatoms. The van der Waals surface area contributed by atoms with Crippen molar-refractivity contribution >= 4 is 17.3 Å². The van der Waals surface area contributed by atoms with Crippen LogP contribution in [0.4, 0.5) is 5.69 Å². The molecule has 0 N–H and O–H groups in total. The van der Waals surface area contributed by atoms with Gasteiger partial charge in [0.15, 0.2) is 0 Å². The maximum absolute atomic E-state index is 13.1. The minimum Gasteiger partial charge on any atom is -0.497 e. The zero-order valence-corrected chi connectivity index (χ0v) is 20.0. The topological polar surface area (TPSA) is 54.4 Å². The molecule has 34 heavy (non-hydrogen) atoms. The summed E-state index contributed by atoms with van der Waals surface area (Å²) >= 11 is 0. The maximum atomic E-state index is 13.1. The van der Waals surface area contributed by atoms with E-state index >= 15 is 0 Å². The molecule has 3 rings (SSSR count). The first kappa shape index (κ1) is 25.0. The van der Waals surface area contributed by atoms with Crippen molar-refractivity contribution in [2.75, 3.05) is 38.3 Å². The summed E-state index contributed by atoms with van der Waals surface area (Å²) in [5, 5.41) is 4.21. The third-order valence-corrected chi connectivity index (χ3v) is 5.54. The van der Waals surface area contributed by atoms with Gasteiger partial charge in [-0.3, -0.25) is 14.6 Å². The number of benzene rings is 2. The summed E-state index contributed by atoms with van der Waals surface area (Å²) in [5.41, 5.74) is 3.22. The number of anilines is 1. The molecule has 0 aromatic heterocycles. The molecular weight excluding hydrogens is 426 g/mol. The van der Waals surface area contributed by atoms with Crippen molar-refractivity contribution in [1.82, 2.24) is 4.90 Å². The highest BCUT2D eigenvalue weighted by atomic mass is 16.6. The number of carbonyl (C=O) groups excluding carboxylic acids is 1. The molecule has 6 nitrogen and oxygen atoms in total. The summed E-state index contributed by atoms with van der Waals surface area (Å²) in [6, 6.07) is 17.3. The van der Waals surface area contributed by atoms with Crippen LogP contribution in [0.25, 0.3) is 0 Å². The molecule has 1 aliphatic rings. The van der Waals surface area contributed by atoms with E-state index in [1.807, 2.05) is 79.7 Å². The monoisotopic (exact) mass is 459 g/mol. The van der Waals surface area contributed by atoms with Gasteiger partial charge in [0, 0.05) is 30.9 Å². The zero-order chi connectivity index (χ0) is 24.3. The third kappa shape index (κ3) is 6.23. The summed E-state index contributed by atoms with van der Waals surface area (Å²) in [6.45, 7) is 12.4. The van der Waals surface area contributed by atoms with Gasteiger partial charge in [0.25, 0.3) is 5.91 Å². The van der Waals surface area contributed by atoms with E-state index in [0.717, 1.165) is 43.1 Å². The molecule has 1 atom stereocenters. The van der Waals surface area contributed by atoms with Crippen LogP contribution in [-0.2, 0) is 9.63 Å². The Labute approximate surface area is 202 Å². The molecule has 1 aliphatic heterocycles. The lowest BCUT2D eigenvalue weighted by molar-refractivity contribution is -0.119. The molecule has 1 heterocycles. The minimum atomic E-state index is -0.182. The molecule has 0 radical (unpaired) electrons. The Hall–Kier alpha value is -3.64. The van der Waals surface area contributed by atoms with Gasteiger partial charge in [-0.15, -0.1) is 13.2 Å². The quantitative estimate of drug-likeness (QED) is 0.104. The number of oxime groups is 1. The number of amides is 1. The molecule has 0 saturated carbocycles. The van der Waals surface area contributed by atoms with Crippen LogP contribution in [0.1, 0.15) is 24.9 Å². The van der Waals surface area contributed by atoms with Crippen molar-refractivity contribution in [3.63, 3.8) is 0 Å². The van der Waals surface area contributed by atoms with Gasteiger partial charge in [-0.05, 0) is 49.2 Å². The lowest BCUT2D eigenvalue weighted by Crippen LogP contribution is -2.49. The highest BCUT2D eigenvalue weighted by Gasteiger charge is 2.43. The van der Waals surface area contributed by atoms with Crippen molar-refractivity contribution in [1.29, 1.82) is 0 Å². The van der Waals surface area contributed by atoms with Crippen molar-refractivity contribution in [2.45, 2.75) is 19.4 Å². The Morgan fingerprint density at radius 3 is 2.38 bits per heavy atom. The second-order valence-electron chi connectivity index (χ2n) is 8.04. The van der Waals surface area contributed by atoms with Crippen molar-refractivity contribution in [3.05, 3.63) is 97.1 Å². The molecule has 1 amide bonds. The number of rotatable bonds is 13. The summed E-state index contributed by atoms with van der Waals surface area (Å²) in [4.78, 5) is 22.7. The fourth-order valence-electron chi connectivity index (χ4n) is 3.93. The fraction of sp³-hybridized carbons (Fsp3) is 0.286. The van der Waals surface area contributed by atoms with Crippen LogP contribution in [0.5, 0.6) is 5.75 Å². The maximum Gasteiger partial charge on any atom is 0.257 e. The lowest BCUT2D eigenvalue weighted by atomic mass is 9.86. The second-order valence-corrected chi connectivity index (χ2v) is 8.04. The van der Waals surface area contributed by atoms with E-state index in [1.54, 1.807) is 12.0 Å². The van der Waals surface area contributed by atoms with Gasteiger partial charge in [0.1, 0.15) is 12.4 Å². The Morgan fingerprint density at radius 1 is 1.09 bits per heavy atom. The minimum absolute atomic E-state index is 0.0435. The van der Waals surface area contributed by atoms with E-state index in [4.69, 9.17) is 9.57 Å². The molecule has 1 unspecified atom stereocenters. The van der Waals surface area contributed by atoms with Crippen molar-refractivity contribution in [3.8, 4) is 5.75 Å². The van der Waals surface area contributed by atoms with Crippen LogP contribution in [0.3, 0.4) is 0 Å². The summed E-state index contributed by atoms with van der Waals surface area (Å²) in [7, 11) is 1.63. The number of hydrogen-bond donors (Lipinski definition) is 0. The number of hydrogen-bond acceptors (Lipinski definition) is 5. The standard InChI is InChI=1S/C28H33N3O3/c1-5-17-30(18-6-2)19-10-20-34-29-22(3)21-26-27(23-11-8-7-9-12-23)31(28(26)32)24-13-15-25(33-4)16-14-24/h5-9,11-16,21,27H,1-2,10,17-20H2,3-4H3/b26-21+,29-22+. The van der Waals surface area contributed by atoms with E-state index in [1.165, 1.54) is 0 Å². The summed E-state index contributed by atoms with van der Waals surface area (Å²) in [6.07, 6.45) is 6.42. The molecule has 1 saturated heterocycles. The summed E-state index contributed by atoms with van der Waals surface area (Å²) in [5.74, 6) is 0.707. The molecule has 178 valence electrons. The number of methoxy groups -OCH3 is 1. The molecule has 0 aliphatic carbocycles. The van der Waals surface area contributed by atoms with Gasteiger partial charge < -0.3 is 9.57 Å². The molecular formula is C28H33N3O3. The van der Waals surface area contributed by atoms with Crippen LogP contribution < -0.4 is 9.64 Å². The average Bonchev–Trinajstić information content (AvgIpc) is 2.86.